The molecule has 10 aromatic carbocycles. The summed E-state index contributed by atoms with van der Waals surface area (Å²) in [5.74, 6) is 1.63. The molecule has 11 aromatic rings. The zero-order valence-electron chi connectivity index (χ0n) is 33.0. The Kier molecular flexibility index (Phi) is 7.79. The van der Waals surface area contributed by atoms with Crippen LogP contribution in [0.1, 0.15) is 22.9 Å². The van der Waals surface area contributed by atoms with Crippen molar-refractivity contribution in [2.24, 2.45) is 9.98 Å². The van der Waals surface area contributed by atoms with Crippen LogP contribution in [-0.4, -0.2) is 28.2 Å². The van der Waals surface area contributed by atoms with Gasteiger partial charge in [0, 0.05) is 51.0 Å². The van der Waals surface area contributed by atoms with Crippen LogP contribution in [0.4, 0.5) is 0 Å². The zero-order chi connectivity index (χ0) is 39.7. The second-order valence-electron chi connectivity index (χ2n) is 15.7. The third kappa shape index (κ3) is 5.24. The van der Waals surface area contributed by atoms with Gasteiger partial charge in [-0.3, -0.25) is 0 Å². The Morgan fingerprint density at radius 2 is 0.983 bits per heavy atom. The summed E-state index contributed by atoms with van der Waals surface area (Å²) in [5, 5.41) is 12.3. The molecule has 0 bridgehead atoms. The van der Waals surface area contributed by atoms with Crippen LogP contribution < -0.4 is 0 Å². The maximum atomic E-state index is 5.49. The van der Waals surface area contributed by atoms with Crippen molar-refractivity contribution < 1.29 is 0 Å². The maximum Gasteiger partial charge on any atom is 0.159 e. The minimum atomic E-state index is -0.332. The van der Waals surface area contributed by atoms with Gasteiger partial charge in [-0.2, -0.15) is 0 Å². The van der Waals surface area contributed by atoms with Crippen LogP contribution in [0, 0.1) is 0 Å². The number of hydrogen-bond donors (Lipinski definition) is 0. The molecule has 1 aliphatic rings. The van der Waals surface area contributed by atoms with E-state index in [2.05, 4.69) is 217 Å². The van der Waals surface area contributed by atoms with Gasteiger partial charge in [0.2, 0.25) is 0 Å². The van der Waals surface area contributed by atoms with E-state index in [1.807, 2.05) is 6.07 Å². The van der Waals surface area contributed by atoms with Crippen molar-refractivity contribution in [1.29, 1.82) is 0 Å². The lowest BCUT2D eigenvalue weighted by Crippen LogP contribution is -2.35. The standard InChI is InChI=1S/C56H38N4/c1-59-55(40-22-9-4-10-23-40)57-54(39-20-7-3-8-21-39)58-56(59)48-35-47-44-26-14-16-28-46(44)53-52(50(47)45-27-15-13-25-43(45)48)51-42-24-12-11-19-38(42)31-34-49(51)60(53)41-32-29-37(30-33-41)36-17-5-2-6-18-36/h2-35,56H,1H3. The molecule has 12 rings (SSSR count). The summed E-state index contributed by atoms with van der Waals surface area (Å²) in [7, 11) is 2.13. The Morgan fingerprint density at radius 1 is 0.417 bits per heavy atom. The topological polar surface area (TPSA) is 32.9 Å². The highest BCUT2D eigenvalue weighted by molar-refractivity contribution is 6.40. The van der Waals surface area contributed by atoms with E-state index in [0.29, 0.717) is 0 Å². The fraction of sp³-hybridized carbons (Fsp3) is 0.0357. The second-order valence-corrected chi connectivity index (χ2v) is 15.7. The number of aliphatic imine (C=N–C) groups is 2. The Labute approximate surface area is 347 Å². The molecule has 4 nitrogen and oxygen atoms in total. The molecule has 0 saturated heterocycles. The van der Waals surface area contributed by atoms with Gasteiger partial charge in [-0.25, -0.2) is 9.98 Å². The average Bonchev–Trinajstić information content (AvgIpc) is 3.68. The van der Waals surface area contributed by atoms with Gasteiger partial charge in [-0.15, -0.1) is 0 Å². The summed E-state index contributed by atoms with van der Waals surface area (Å²) in [4.78, 5) is 13.0. The van der Waals surface area contributed by atoms with Gasteiger partial charge in [0.1, 0.15) is 5.84 Å². The van der Waals surface area contributed by atoms with Crippen molar-refractivity contribution in [1.82, 2.24) is 9.47 Å². The number of aromatic nitrogens is 1. The van der Waals surface area contributed by atoms with Crippen LogP contribution in [0.2, 0.25) is 0 Å². The maximum absolute atomic E-state index is 5.49. The second kappa shape index (κ2) is 13.6. The first-order valence-electron chi connectivity index (χ1n) is 20.6. The van der Waals surface area contributed by atoms with E-state index >= 15 is 0 Å². The third-order valence-electron chi connectivity index (χ3n) is 12.4. The van der Waals surface area contributed by atoms with Crippen molar-refractivity contribution in [3.8, 4) is 16.8 Å². The predicted molar refractivity (Wildman–Crippen MR) is 253 cm³/mol. The van der Waals surface area contributed by atoms with Gasteiger partial charge < -0.3 is 9.47 Å². The normalized spacial score (nSPS) is 14.4. The van der Waals surface area contributed by atoms with E-state index in [0.717, 1.165) is 34.0 Å². The SMILES string of the molecule is CN1C(c2ccccc2)=NC(c2ccccc2)=NC1c1cc2c3ccccc3c3c(c2c2ccccc12)c1c2ccccc2ccc1n3-c1ccc(-c2ccccc2)cc1. The van der Waals surface area contributed by atoms with Crippen LogP contribution in [0.15, 0.2) is 216 Å². The summed E-state index contributed by atoms with van der Waals surface area (Å²) in [5.41, 5.74) is 9.15. The Morgan fingerprint density at radius 3 is 1.70 bits per heavy atom. The molecule has 282 valence electrons. The predicted octanol–water partition coefficient (Wildman–Crippen LogP) is 13.9. The fourth-order valence-corrected chi connectivity index (χ4v) is 9.67. The monoisotopic (exact) mass is 766 g/mol. The van der Waals surface area contributed by atoms with Crippen molar-refractivity contribution >= 4 is 76.6 Å². The molecule has 1 atom stereocenters. The summed E-state index contributed by atoms with van der Waals surface area (Å²) in [6.45, 7) is 0. The van der Waals surface area contributed by atoms with Crippen LogP contribution in [0.3, 0.4) is 0 Å². The Balaban J connectivity index is 1.20. The molecule has 4 heteroatoms. The largest absolute Gasteiger partial charge is 0.333 e. The number of rotatable bonds is 5. The molecule has 1 aliphatic heterocycles. The molecule has 0 saturated carbocycles. The summed E-state index contributed by atoms with van der Waals surface area (Å²) in [6.07, 6.45) is -0.332. The zero-order valence-corrected chi connectivity index (χ0v) is 33.0. The molecule has 1 aromatic heterocycles. The average molecular weight is 767 g/mol. The molecule has 60 heavy (non-hydrogen) atoms. The molecule has 0 N–H and O–H groups in total. The summed E-state index contributed by atoms with van der Waals surface area (Å²) < 4.78 is 2.50. The summed E-state index contributed by atoms with van der Waals surface area (Å²) >= 11 is 0. The molecule has 0 amide bonds. The number of fused-ring (bicyclic) bond motifs is 12. The number of nitrogens with zero attached hydrogens (tertiary/aromatic N) is 4. The quantitative estimate of drug-likeness (QED) is 0.161. The number of amidine groups is 2. The number of hydrogen-bond acceptors (Lipinski definition) is 3. The van der Waals surface area contributed by atoms with Crippen LogP contribution >= 0.6 is 0 Å². The lowest BCUT2D eigenvalue weighted by molar-refractivity contribution is 0.385. The van der Waals surface area contributed by atoms with E-state index in [4.69, 9.17) is 9.98 Å². The van der Waals surface area contributed by atoms with Crippen molar-refractivity contribution in [2.75, 3.05) is 7.05 Å². The highest BCUT2D eigenvalue weighted by Crippen LogP contribution is 2.48. The van der Waals surface area contributed by atoms with E-state index in [9.17, 15) is 0 Å². The minimum absolute atomic E-state index is 0.332. The molecular formula is C56H38N4. The Bertz CT molecular complexity index is 3530. The lowest BCUT2D eigenvalue weighted by atomic mass is 9.88. The molecule has 2 heterocycles. The molecule has 0 aliphatic carbocycles. The lowest BCUT2D eigenvalue weighted by Gasteiger charge is -2.33. The molecule has 1 unspecified atom stereocenters. The number of benzene rings is 10. The third-order valence-corrected chi connectivity index (χ3v) is 12.4. The molecular weight excluding hydrogens is 729 g/mol. The van der Waals surface area contributed by atoms with Crippen molar-refractivity contribution in [3.63, 3.8) is 0 Å². The van der Waals surface area contributed by atoms with Gasteiger partial charge in [-0.05, 0) is 67.7 Å². The van der Waals surface area contributed by atoms with Gasteiger partial charge in [-0.1, -0.05) is 182 Å². The fourth-order valence-electron chi connectivity index (χ4n) is 9.67. The molecule has 0 spiro atoms. The van der Waals surface area contributed by atoms with Crippen molar-refractivity contribution in [3.05, 3.63) is 223 Å². The van der Waals surface area contributed by atoms with Crippen LogP contribution in [0.25, 0.3) is 81.7 Å². The van der Waals surface area contributed by atoms with Gasteiger partial charge in [0.05, 0.1) is 11.0 Å². The molecule has 0 fully saturated rings. The van der Waals surface area contributed by atoms with Crippen molar-refractivity contribution in [2.45, 2.75) is 6.17 Å². The Hall–Kier alpha value is -7.82. The van der Waals surface area contributed by atoms with Gasteiger partial charge >= 0.3 is 0 Å². The highest BCUT2D eigenvalue weighted by Gasteiger charge is 2.30. The van der Waals surface area contributed by atoms with E-state index < -0.39 is 0 Å². The van der Waals surface area contributed by atoms with Gasteiger partial charge in [0.15, 0.2) is 12.0 Å². The first-order valence-corrected chi connectivity index (χ1v) is 20.6. The first-order chi connectivity index (χ1) is 29.7. The smallest absolute Gasteiger partial charge is 0.159 e. The highest BCUT2D eigenvalue weighted by atomic mass is 15.3. The van der Waals surface area contributed by atoms with Gasteiger partial charge in [0.25, 0.3) is 0 Å². The summed E-state index contributed by atoms with van der Waals surface area (Å²) in [6, 6.07) is 74.3. The van der Waals surface area contributed by atoms with E-state index in [1.165, 1.54) is 76.0 Å². The van der Waals surface area contributed by atoms with E-state index in [-0.39, 0.29) is 6.17 Å². The van der Waals surface area contributed by atoms with Crippen LogP contribution in [0.5, 0.6) is 0 Å². The minimum Gasteiger partial charge on any atom is -0.333 e. The van der Waals surface area contributed by atoms with E-state index in [1.54, 1.807) is 0 Å². The molecule has 0 radical (unpaired) electrons. The van der Waals surface area contributed by atoms with Crippen LogP contribution in [-0.2, 0) is 0 Å². The first kappa shape index (κ1) is 34.2.